The van der Waals surface area contributed by atoms with Crippen molar-refractivity contribution in [3.8, 4) is 0 Å². The fourth-order valence-corrected chi connectivity index (χ4v) is 5.23. The van der Waals surface area contributed by atoms with Crippen LogP contribution in [0.3, 0.4) is 0 Å². The van der Waals surface area contributed by atoms with E-state index in [4.69, 9.17) is 4.74 Å². The molecule has 31 heavy (non-hydrogen) atoms. The molecule has 0 spiro atoms. The third kappa shape index (κ3) is 4.23. The number of nitrogens with zero attached hydrogens (tertiary/aromatic N) is 3. The molecular formula is C23H26N4O3S. The second kappa shape index (κ2) is 8.45. The van der Waals surface area contributed by atoms with Crippen molar-refractivity contribution in [1.82, 2.24) is 14.3 Å². The first-order valence-electron chi connectivity index (χ1n) is 10.6. The molecule has 0 atom stereocenters. The predicted octanol–water partition coefficient (Wildman–Crippen LogP) is 2.45. The Labute approximate surface area is 182 Å². The summed E-state index contributed by atoms with van der Waals surface area (Å²) in [5, 5.41) is 4.23. The van der Waals surface area contributed by atoms with Crippen molar-refractivity contribution >= 4 is 32.8 Å². The van der Waals surface area contributed by atoms with Gasteiger partial charge in [0, 0.05) is 49.9 Å². The van der Waals surface area contributed by atoms with Gasteiger partial charge in [-0.05, 0) is 41.5 Å². The van der Waals surface area contributed by atoms with Crippen molar-refractivity contribution in [3.05, 3.63) is 66.0 Å². The second-order valence-corrected chi connectivity index (χ2v) is 9.91. The zero-order valence-electron chi connectivity index (χ0n) is 17.3. The molecule has 0 radical (unpaired) electrons. The lowest BCUT2D eigenvalue weighted by molar-refractivity contribution is 0.122. The minimum Gasteiger partial charge on any atom is -0.378 e. The Kier molecular flexibility index (Phi) is 5.52. The van der Waals surface area contributed by atoms with Gasteiger partial charge in [-0.15, -0.1) is 0 Å². The third-order valence-corrected chi connectivity index (χ3v) is 7.49. The van der Waals surface area contributed by atoms with Gasteiger partial charge in [0.2, 0.25) is 10.0 Å². The van der Waals surface area contributed by atoms with Gasteiger partial charge >= 0.3 is 0 Å². The van der Waals surface area contributed by atoms with Gasteiger partial charge in [-0.2, -0.15) is 0 Å². The van der Waals surface area contributed by atoms with Crippen LogP contribution in [-0.4, -0.2) is 62.5 Å². The van der Waals surface area contributed by atoms with Crippen LogP contribution in [0, 0.1) is 0 Å². The maximum absolute atomic E-state index is 12.9. The highest BCUT2D eigenvalue weighted by Crippen LogP contribution is 2.26. The van der Waals surface area contributed by atoms with Gasteiger partial charge in [0.05, 0.1) is 24.5 Å². The van der Waals surface area contributed by atoms with Crippen LogP contribution in [-0.2, 0) is 14.8 Å². The van der Waals surface area contributed by atoms with Crippen LogP contribution in [0.15, 0.2) is 54.9 Å². The van der Waals surface area contributed by atoms with E-state index in [2.05, 4.69) is 21.3 Å². The summed E-state index contributed by atoms with van der Waals surface area (Å²) in [5.41, 5.74) is 2.86. The van der Waals surface area contributed by atoms with Crippen LogP contribution in [0.5, 0.6) is 0 Å². The van der Waals surface area contributed by atoms with Crippen molar-refractivity contribution in [1.29, 1.82) is 0 Å². The van der Waals surface area contributed by atoms with Gasteiger partial charge < -0.3 is 15.0 Å². The van der Waals surface area contributed by atoms with Gasteiger partial charge in [-0.3, -0.25) is 0 Å². The zero-order valence-corrected chi connectivity index (χ0v) is 18.1. The first-order valence-corrected chi connectivity index (χ1v) is 12.2. The van der Waals surface area contributed by atoms with Gasteiger partial charge in [-0.25, -0.2) is 17.4 Å². The first kappa shape index (κ1) is 20.2. The number of pyridine rings is 1. The maximum atomic E-state index is 12.9. The minimum absolute atomic E-state index is 0.0731. The molecule has 2 fully saturated rings. The van der Waals surface area contributed by atoms with Crippen molar-refractivity contribution in [2.75, 3.05) is 50.0 Å². The van der Waals surface area contributed by atoms with Gasteiger partial charge in [-0.1, -0.05) is 18.2 Å². The average molecular weight is 439 g/mol. The number of aromatic nitrogens is 2. The van der Waals surface area contributed by atoms with E-state index in [1.807, 2.05) is 30.3 Å². The summed E-state index contributed by atoms with van der Waals surface area (Å²) in [6, 6.07) is 11.9. The molecule has 0 aliphatic carbocycles. The van der Waals surface area contributed by atoms with E-state index in [1.165, 1.54) is 9.54 Å². The molecule has 0 amide bonds. The van der Waals surface area contributed by atoms with E-state index in [9.17, 15) is 8.42 Å². The van der Waals surface area contributed by atoms with Crippen molar-refractivity contribution < 1.29 is 13.2 Å². The Morgan fingerprint density at radius 1 is 1.13 bits per heavy atom. The zero-order chi connectivity index (χ0) is 21.3. The van der Waals surface area contributed by atoms with E-state index >= 15 is 0 Å². The largest absolute Gasteiger partial charge is 0.378 e. The number of anilines is 1. The normalized spacial score (nSPS) is 18.0. The molecule has 8 heteroatoms. The van der Waals surface area contributed by atoms with Crippen LogP contribution < -0.4 is 10.2 Å². The number of rotatable bonds is 6. The molecular weight excluding hydrogens is 412 g/mol. The number of hydrogen-bond donors (Lipinski definition) is 1. The summed E-state index contributed by atoms with van der Waals surface area (Å²) in [6.45, 7) is 5.08. The molecule has 2 aromatic heterocycles. The Morgan fingerprint density at radius 2 is 1.97 bits per heavy atom. The standard InChI is InChI=1S/C23H26N4O3S/c28-31(29,27-8-7-20-14-19(4-5-22(20)27)21-16-24-17-21)13-1-2-18-3-6-23(25-15-18)26-9-11-30-12-10-26/h1-8,14-15,21,24H,9-13,16-17H2. The number of ether oxygens (including phenoxy) is 1. The highest BCUT2D eigenvalue weighted by molar-refractivity contribution is 7.90. The fourth-order valence-electron chi connectivity index (χ4n) is 4.02. The van der Waals surface area contributed by atoms with E-state index in [0.29, 0.717) is 19.1 Å². The van der Waals surface area contributed by atoms with E-state index in [0.717, 1.165) is 48.5 Å². The summed E-state index contributed by atoms with van der Waals surface area (Å²) in [5.74, 6) is 1.37. The van der Waals surface area contributed by atoms with Crippen molar-refractivity contribution in [3.63, 3.8) is 0 Å². The highest BCUT2D eigenvalue weighted by Gasteiger charge is 2.20. The van der Waals surface area contributed by atoms with Crippen molar-refractivity contribution in [2.24, 2.45) is 0 Å². The Morgan fingerprint density at radius 3 is 2.68 bits per heavy atom. The Hall–Kier alpha value is -2.68. The van der Waals surface area contributed by atoms with Gasteiger partial charge in [0.25, 0.3) is 0 Å². The SMILES string of the molecule is O=S(=O)(CC=Cc1ccc(N2CCOCC2)nc1)n1ccc2cc(C3CNC3)ccc21. The van der Waals surface area contributed by atoms with E-state index in [-0.39, 0.29) is 5.75 Å². The molecule has 1 aromatic carbocycles. The topological polar surface area (TPSA) is 76.5 Å². The van der Waals surface area contributed by atoms with E-state index < -0.39 is 10.0 Å². The highest BCUT2D eigenvalue weighted by atomic mass is 32.2. The Bertz CT molecular complexity index is 1190. The van der Waals surface area contributed by atoms with Gasteiger partial charge in [0.15, 0.2) is 0 Å². The molecule has 162 valence electrons. The van der Waals surface area contributed by atoms with Crippen LogP contribution in [0.1, 0.15) is 17.0 Å². The summed E-state index contributed by atoms with van der Waals surface area (Å²) >= 11 is 0. The lowest BCUT2D eigenvalue weighted by Crippen LogP contribution is -2.39. The third-order valence-electron chi connectivity index (χ3n) is 5.95. The summed E-state index contributed by atoms with van der Waals surface area (Å²) in [6.07, 6.45) is 6.91. The molecule has 2 saturated heterocycles. The molecule has 3 aromatic rings. The van der Waals surface area contributed by atoms with Crippen LogP contribution in [0.2, 0.25) is 0 Å². The molecule has 4 heterocycles. The van der Waals surface area contributed by atoms with Crippen LogP contribution >= 0.6 is 0 Å². The van der Waals surface area contributed by atoms with Crippen LogP contribution in [0.25, 0.3) is 17.0 Å². The van der Waals surface area contributed by atoms with Crippen LogP contribution in [0.4, 0.5) is 5.82 Å². The molecule has 7 nitrogen and oxygen atoms in total. The average Bonchev–Trinajstić information content (AvgIpc) is 3.18. The maximum Gasteiger partial charge on any atom is 0.242 e. The summed E-state index contributed by atoms with van der Waals surface area (Å²) in [4.78, 5) is 6.69. The molecule has 0 unspecified atom stereocenters. The molecule has 5 rings (SSSR count). The predicted molar refractivity (Wildman–Crippen MR) is 123 cm³/mol. The summed E-state index contributed by atoms with van der Waals surface area (Å²) in [7, 11) is -3.49. The molecule has 0 saturated carbocycles. The molecule has 1 N–H and O–H groups in total. The fraction of sp³-hybridized carbons (Fsp3) is 0.348. The monoisotopic (exact) mass is 438 g/mol. The quantitative estimate of drug-likeness (QED) is 0.637. The lowest BCUT2D eigenvalue weighted by atomic mass is 9.93. The summed E-state index contributed by atoms with van der Waals surface area (Å²) < 4.78 is 32.6. The number of morpholine rings is 1. The van der Waals surface area contributed by atoms with Gasteiger partial charge in [0.1, 0.15) is 5.82 Å². The number of hydrogen-bond acceptors (Lipinski definition) is 6. The second-order valence-electron chi connectivity index (χ2n) is 8.02. The van der Waals surface area contributed by atoms with E-state index in [1.54, 1.807) is 24.5 Å². The lowest BCUT2D eigenvalue weighted by Gasteiger charge is -2.27. The molecule has 0 bridgehead atoms. The molecule has 2 aliphatic heterocycles. The first-order chi connectivity index (χ1) is 15.1. The molecule has 2 aliphatic rings. The Balaban J connectivity index is 1.27. The minimum atomic E-state index is -3.49. The smallest absolute Gasteiger partial charge is 0.242 e. The van der Waals surface area contributed by atoms with Crippen molar-refractivity contribution in [2.45, 2.75) is 5.92 Å². The number of fused-ring (bicyclic) bond motifs is 1. The number of nitrogens with one attached hydrogen (secondary N) is 1. The number of benzene rings is 1.